The van der Waals surface area contributed by atoms with E-state index < -0.39 is 21.7 Å². The van der Waals surface area contributed by atoms with Crippen molar-refractivity contribution in [2.75, 3.05) is 19.8 Å². The molecule has 1 unspecified atom stereocenters. The number of halogens is 1. The summed E-state index contributed by atoms with van der Waals surface area (Å²) in [5, 5.41) is 2.62. The maximum atomic E-state index is 13.7. The zero-order chi connectivity index (χ0) is 19.4. The van der Waals surface area contributed by atoms with Crippen molar-refractivity contribution < 1.29 is 22.3 Å². The summed E-state index contributed by atoms with van der Waals surface area (Å²) in [6.07, 6.45) is 0. The van der Waals surface area contributed by atoms with Gasteiger partial charge in [-0.05, 0) is 31.2 Å². The lowest BCUT2D eigenvalue weighted by molar-refractivity contribution is 0.0392. The minimum absolute atomic E-state index is 0.0168. The molecular weight excluding hydrogens is 371 g/mol. The summed E-state index contributed by atoms with van der Waals surface area (Å²) in [6, 6.07) is 11.7. The Morgan fingerprint density at radius 3 is 2.78 bits per heavy atom. The molecule has 0 radical (unpaired) electrons. The van der Waals surface area contributed by atoms with Gasteiger partial charge < -0.3 is 10.1 Å². The van der Waals surface area contributed by atoms with Crippen LogP contribution in [0.4, 0.5) is 4.39 Å². The second-order valence-corrected chi connectivity index (χ2v) is 8.23. The minimum atomic E-state index is -3.73. The van der Waals surface area contributed by atoms with Gasteiger partial charge in [0.2, 0.25) is 10.0 Å². The molecule has 6 nitrogen and oxygen atoms in total. The lowest BCUT2D eigenvalue weighted by Gasteiger charge is -2.32. The van der Waals surface area contributed by atoms with Crippen molar-refractivity contribution in [1.82, 2.24) is 9.62 Å². The summed E-state index contributed by atoms with van der Waals surface area (Å²) in [5.74, 6) is -0.874. The van der Waals surface area contributed by atoms with E-state index in [1.165, 1.54) is 34.6 Å². The number of sulfonamides is 1. The maximum absolute atomic E-state index is 13.7. The summed E-state index contributed by atoms with van der Waals surface area (Å²) in [4.78, 5) is 12.4. The first kappa shape index (κ1) is 19.5. The maximum Gasteiger partial charge on any atom is 0.251 e. The molecule has 1 aliphatic heterocycles. The molecule has 0 saturated carbocycles. The number of amides is 1. The number of hydrogen-bond acceptors (Lipinski definition) is 4. The Balaban J connectivity index is 1.76. The molecule has 2 aromatic carbocycles. The van der Waals surface area contributed by atoms with Crippen LogP contribution < -0.4 is 5.32 Å². The van der Waals surface area contributed by atoms with Gasteiger partial charge in [0, 0.05) is 30.3 Å². The summed E-state index contributed by atoms with van der Waals surface area (Å²) in [6.45, 7) is 2.74. The number of hydrogen-bond donors (Lipinski definition) is 1. The Morgan fingerprint density at radius 1 is 1.26 bits per heavy atom. The van der Waals surface area contributed by atoms with E-state index in [-0.39, 0.29) is 29.6 Å². The van der Waals surface area contributed by atoms with Gasteiger partial charge in [-0.1, -0.05) is 24.3 Å². The van der Waals surface area contributed by atoms with Gasteiger partial charge >= 0.3 is 0 Å². The summed E-state index contributed by atoms with van der Waals surface area (Å²) < 4.78 is 46.1. The van der Waals surface area contributed by atoms with Gasteiger partial charge in [0.1, 0.15) is 5.82 Å². The van der Waals surface area contributed by atoms with E-state index in [1.807, 2.05) is 0 Å². The Bertz CT molecular complexity index is 933. The third-order valence-electron chi connectivity index (χ3n) is 4.41. The number of benzene rings is 2. The number of carbonyl (C=O) groups excluding carboxylic acids is 1. The Morgan fingerprint density at radius 2 is 2.04 bits per heavy atom. The van der Waals surface area contributed by atoms with Gasteiger partial charge in [-0.15, -0.1) is 0 Å². The summed E-state index contributed by atoms with van der Waals surface area (Å²) in [5.41, 5.74) is 0.560. The molecule has 144 valence electrons. The van der Waals surface area contributed by atoms with E-state index in [1.54, 1.807) is 25.1 Å². The molecule has 1 saturated heterocycles. The second kappa shape index (κ2) is 8.16. The van der Waals surface area contributed by atoms with Crippen molar-refractivity contribution in [3.05, 3.63) is 65.5 Å². The second-order valence-electron chi connectivity index (χ2n) is 6.34. The minimum Gasteiger partial charge on any atom is -0.378 e. The third-order valence-corrected chi connectivity index (χ3v) is 6.42. The normalized spacial score (nSPS) is 18.2. The molecule has 1 aliphatic rings. The number of carbonyl (C=O) groups is 1. The topological polar surface area (TPSA) is 75.7 Å². The number of morpholine rings is 1. The lowest BCUT2D eigenvalue weighted by atomic mass is 10.2. The fourth-order valence-electron chi connectivity index (χ4n) is 2.92. The van der Waals surface area contributed by atoms with Crippen LogP contribution in [0.25, 0.3) is 0 Å². The summed E-state index contributed by atoms with van der Waals surface area (Å²) >= 11 is 0. The zero-order valence-corrected chi connectivity index (χ0v) is 15.7. The number of ether oxygens (including phenoxy) is 1. The monoisotopic (exact) mass is 392 g/mol. The van der Waals surface area contributed by atoms with Crippen molar-refractivity contribution in [3.8, 4) is 0 Å². The van der Waals surface area contributed by atoms with Crippen molar-refractivity contribution in [2.24, 2.45) is 0 Å². The molecule has 1 N–H and O–H groups in total. The van der Waals surface area contributed by atoms with Crippen LogP contribution in [-0.2, 0) is 21.3 Å². The fraction of sp³-hybridized carbons (Fsp3) is 0.316. The predicted molar refractivity (Wildman–Crippen MR) is 98.2 cm³/mol. The van der Waals surface area contributed by atoms with Gasteiger partial charge in [-0.3, -0.25) is 4.79 Å². The molecule has 27 heavy (non-hydrogen) atoms. The molecule has 0 aromatic heterocycles. The van der Waals surface area contributed by atoms with Gasteiger partial charge in [-0.2, -0.15) is 4.31 Å². The zero-order valence-electron chi connectivity index (χ0n) is 14.9. The first-order valence-corrected chi connectivity index (χ1v) is 10.0. The number of nitrogens with zero attached hydrogens (tertiary/aromatic N) is 1. The molecule has 1 amide bonds. The highest BCUT2D eigenvalue weighted by Crippen LogP contribution is 2.21. The van der Waals surface area contributed by atoms with Gasteiger partial charge in [0.05, 0.1) is 18.1 Å². The van der Waals surface area contributed by atoms with Crippen LogP contribution in [-0.4, -0.2) is 44.4 Å². The molecule has 0 spiro atoms. The van der Waals surface area contributed by atoms with Crippen molar-refractivity contribution in [1.29, 1.82) is 0 Å². The highest BCUT2D eigenvalue weighted by Gasteiger charge is 2.31. The molecule has 2 aromatic rings. The van der Waals surface area contributed by atoms with Crippen LogP contribution in [0.15, 0.2) is 53.4 Å². The lowest BCUT2D eigenvalue weighted by Crippen LogP contribution is -2.46. The first-order valence-electron chi connectivity index (χ1n) is 8.61. The predicted octanol–water partition coefficient (Wildman–Crippen LogP) is 2.17. The van der Waals surface area contributed by atoms with Gasteiger partial charge in [0.15, 0.2) is 0 Å². The molecule has 0 aliphatic carbocycles. The average Bonchev–Trinajstić information content (AvgIpc) is 2.67. The number of nitrogens with one attached hydrogen (secondary N) is 1. The SMILES string of the molecule is CC1COCCN1S(=O)(=O)c1cccc(C(=O)NCc2ccccc2F)c1. The number of rotatable bonds is 5. The van der Waals surface area contributed by atoms with E-state index in [0.29, 0.717) is 18.8 Å². The molecule has 3 rings (SSSR count). The van der Waals surface area contributed by atoms with E-state index in [2.05, 4.69) is 5.32 Å². The van der Waals surface area contributed by atoms with E-state index in [9.17, 15) is 17.6 Å². The van der Waals surface area contributed by atoms with Crippen molar-refractivity contribution >= 4 is 15.9 Å². The van der Waals surface area contributed by atoms with Gasteiger partial charge in [0.25, 0.3) is 5.91 Å². The molecular formula is C19H21FN2O4S. The highest BCUT2D eigenvalue weighted by molar-refractivity contribution is 7.89. The van der Waals surface area contributed by atoms with Crippen LogP contribution in [0, 0.1) is 5.82 Å². The molecule has 0 bridgehead atoms. The fourth-order valence-corrected chi connectivity index (χ4v) is 4.57. The van der Waals surface area contributed by atoms with E-state index in [4.69, 9.17) is 4.74 Å². The first-order chi connectivity index (χ1) is 12.9. The van der Waals surface area contributed by atoms with Crippen LogP contribution in [0.1, 0.15) is 22.8 Å². The third kappa shape index (κ3) is 4.35. The van der Waals surface area contributed by atoms with Crippen LogP contribution >= 0.6 is 0 Å². The quantitative estimate of drug-likeness (QED) is 0.846. The van der Waals surface area contributed by atoms with E-state index >= 15 is 0 Å². The largest absolute Gasteiger partial charge is 0.378 e. The van der Waals surface area contributed by atoms with Crippen molar-refractivity contribution in [2.45, 2.75) is 24.4 Å². The molecule has 1 heterocycles. The van der Waals surface area contributed by atoms with E-state index in [0.717, 1.165) is 0 Å². The Labute approximate surface area is 158 Å². The smallest absolute Gasteiger partial charge is 0.251 e. The summed E-state index contributed by atoms with van der Waals surface area (Å²) in [7, 11) is -3.73. The standard InChI is InChI=1S/C19H21FN2O4S/c1-14-13-26-10-9-22(14)27(24,25)17-7-4-6-15(11-17)19(23)21-12-16-5-2-3-8-18(16)20/h2-8,11,14H,9-10,12-13H2,1H3,(H,21,23). The van der Waals surface area contributed by atoms with Crippen LogP contribution in [0.5, 0.6) is 0 Å². The molecule has 1 atom stereocenters. The van der Waals surface area contributed by atoms with Crippen LogP contribution in [0.3, 0.4) is 0 Å². The van der Waals surface area contributed by atoms with Crippen molar-refractivity contribution in [3.63, 3.8) is 0 Å². The molecule has 1 fully saturated rings. The van der Waals surface area contributed by atoms with Gasteiger partial charge in [-0.25, -0.2) is 12.8 Å². The Hall–Kier alpha value is -2.29. The average molecular weight is 392 g/mol. The highest BCUT2D eigenvalue weighted by atomic mass is 32.2. The Kier molecular flexibility index (Phi) is 5.88. The molecule has 8 heteroatoms. The van der Waals surface area contributed by atoms with Crippen LogP contribution in [0.2, 0.25) is 0 Å².